The van der Waals surface area contributed by atoms with Crippen LogP contribution in [0.3, 0.4) is 0 Å². The number of nitrogens with zero attached hydrogens (tertiary/aromatic N) is 2. The van der Waals surface area contributed by atoms with E-state index in [4.69, 9.17) is 4.42 Å². The standard InChI is InChI=1S/C37H24N2O/c1-2-10-26-27-11-4-7-15-33(27)38(32(26)14-3-1)24-18-20-36-30(22-24)31-23-25(19-21-37(31)40-36)39-34-16-8-5-12-28(34)29-13-6-9-17-35(29)39/h1-13,15-23H,14H2. The lowest BCUT2D eigenvalue weighted by molar-refractivity contribution is 0.669. The van der Waals surface area contributed by atoms with Crippen molar-refractivity contribution in [2.75, 3.05) is 0 Å². The first-order valence-corrected chi connectivity index (χ1v) is 13.8. The van der Waals surface area contributed by atoms with Crippen molar-refractivity contribution in [3.05, 3.63) is 139 Å². The van der Waals surface area contributed by atoms with Crippen molar-refractivity contribution >= 4 is 60.7 Å². The van der Waals surface area contributed by atoms with E-state index in [0.29, 0.717) is 0 Å². The van der Waals surface area contributed by atoms with Gasteiger partial charge in [0.2, 0.25) is 0 Å². The maximum Gasteiger partial charge on any atom is 0.135 e. The van der Waals surface area contributed by atoms with Gasteiger partial charge in [-0.2, -0.15) is 0 Å². The number of allylic oxidation sites excluding steroid dienone is 3. The highest BCUT2D eigenvalue weighted by atomic mass is 16.3. The zero-order chi connectivity index (χ0) is 26.2. The molecule has 1 aliphatic rings. The molecule has 5 aromatic carbocycles. The minimum absolute atomic E-state index is 0.888. The fourth-order valence-corrected chi connectivity index (χ4v) is 6.64. The van der Waals surface area contributed by atoms with Crippen LogP contribution in [0.5, 0.6) is 0 Å². The highest BCUT2D eigenvalue weighted by Gasteiger charge is 2.19. The molecule has 8 aromatic rings. The van der Waals surface area contributed by atoms with Gasteiger partial charge in [-0.25, -0.2) is 0 Å². The predicted molar refractivity (Wildman–Crippen MR) is 167 cm³/mol. The highest BCUT2D eigenvalue weighted by molar-refractivity contribution is 6.10. The summed E-state index contributed by atoms with van der Waals surface area (Å²) < 4.78 is 11.1. The molecule has 0 atom stereocenters. The van der Waals surface area contributed by atoms with Crippen LogP contribution in [0, 0.1) is 0 Å². The quantitative estimate of drug-likeness (QED) is 0.226. The van der Waals surface area contributed by atoms with E-state index in [9.17, 15) is 0 Å². The largest absolute Gasteiger partial charge is 0.456 e. The van der Waals surface area contributed by atoms with Crippen LogP contribution in [0.2, 0.25) is 0 Å². The lowest BCUT2D eigenvalue weighted by atomic mass is 10.1. The average molecular weight is 513 g/mol. The van der Waals surface area contributed by atoms with E-state index < -0.39 is 0 Å². The second-order valence-corrected chi connectivity index (χ2v) is 10.5. The van der Waals surface area contributed by atoms with Crippen LogP contribution < -0.4 is 0 Å². The molecule has 0 amide bonds. The van der Waals surface area contributed by atoms with E-state index >= 15 is 0 Å². The van der Waals surface area contributed by atoms with Crippen molar-refractivity contribution in [1.29, 1.82) is 0 Å². The van der Waals surface area contributed by atoms with Gasteiger partial charge in [0, 0.05) is 56.0 Å². The Morgan fingerprint density at radius 3 is 1.70 bits per heavy atom. The molecule has 0 bridgehead atoms. The number of furan rings is 1. The Balaban J connectivity index is 1.30. The molecular formula is C37H24N2O. The molecule has 1 aliphatic carbocycles. The molecule has 3 nitrogen and oxygen atoms in total. The van der Waals surface area contributed by atoms with Gasteiger partial charge in [-0.3, -0.25) is 0 Å². The van der Waals surface area contributed by atoms with E-state index in [1.807, 2.05) is 0 Å². The third-order valence-corrected chi connectivity index (χ3v) is 8.37. The zero-order valence-corrected chi connectivity index (χ0v) is 21.7. The fraction of sp³-hybridized carbons (Fsp3) is 0.0270. The molecule has 0 saturated carbocycles. The molecule has 0 aliphatic heterocycles. The summed E-state index contributed by atoms with van der Waals surface area (Å²) in [7, 11) is 0. The van der Waals surface area contributed by atoms with Gasteiger partial charge in [0.25, 0.3) is 0 Å². The zero-order valence-electron chi connectivity index (χ0n) is 21.7. The van der Waals surface area contributed by atoms with Gasteiger partial charge in [0.05, 0.1) is 16.6 Å². The van der Waals surface area contributed by atoms with Gasteiger partial charge in [-0.1, -0.05) is 78.9 Å². The minimum Gasteiger partial charge on any atom is -0.456 e. The van der Waals surface area contributed by atoms with Crippen molar-refractivity contribution in [3.63, 3.8) is 0 Å². The Bertz CT molecular complexity index is 2300. The van der Waals surface area contributed by atoms with Gasteiger partial charge in [-0.05, 0) is 54.6 Å². The molecule has 0 unspecified atom stereocenters. The molecule has 0 saturated heterocycles. The first-order valence-electron chi connectivity index (χ1n) is 13.8. The summed E-state index contributed by atoms with van der Waals surface area (Å²) >= 11 is 0. The Labute approximate surface area is 230 Å². The van der Waals surface area contributed by atoms with E-state index in [1.54, 1.807) is 0 Å². The minimum atomic E-state index is 0.888. The van der Waals surface area contributed by atoms with Gasteiger partial charge in [-0.15, -0.1) is 0 Å². The molecular weight excluding hydrogens is 488 g/mol. The summed E-state index contributed by atoms with van der Waals surface area (Å²) in [6.07, 6.45) is 9.65. The van der Waals surface area contributed by atoms with Gasteiger partial charge in [0.1, 0.15) is 11.2 Å². The molecule has 3 heteroatoms. The smallest absolute Gasteiger partial charge is 0.135 e. The Hall–Kier alpha value is -5.28. The van der Waals surface area contributed by atoms with E-state index in [1.165, 1.54) is 44.0 Å². The van der Waals surface area contributed by atoms with Gasteiger partial charge in [0.15, 0.2) is 0 Å². The molecule has 0 spiro atoms. The van der Waals surface area contributed by atoms with E-state index in [0.717, 1.165) is 39.7 Å². The fourth-order valence-electron chi connectivity index (χ4n) is 6.64. The van der Waals surface area contributed by atoms with Crippen molar-refractivity contribution in [1.82, 2.24) is 9.13 Å². The molecule has 3 aromatic heterocycles. The first kappa shape index (κ1) is 21.6. The Kier molecular flexibility index (Phi) is 4.39. The third kappa shape index (κ3) is 2.95. The normalized spacial score (nSPS) is 13.2. The number of hydrogen-bond acceptors (Lipinski definition) is 1. The van der Waals surface area contributed by atoms with Crippen LogP contribution in [0.25, 0.3) is 72.1 Å². The molecule has 0 fully saturated rings. The summed E-state index contributed by atoms with van der Waals surface area (Å²) in [5.41, 5.74) is 10.3. The number of rotatable bonds is 2. The topological polar surface area (TPSA) is 23.0 Å². The van der Waals surface area contributed by atoms with E-state index in [-0.39, 0.29) is 0 Å². The second kappa shape index (κ2) is 8.11. The Morgan fingerprint density at radius 2 is 1.05 bits per heavy atom. The van der Waals surface area contributed by atoms with Crippen LogP contribution >= 0.6 is 0 Å². The monoisotopic (exact) mass is 512 g/mol. The summed E-state index contributed by atoms with van der Waals surface area (Å²) in [6.45, 7) is 0. The summed E-state index contributed by atoms with van der Waals surface area (Å²) in [5.74, 6) is 0. The SMILES string of the molecule is C1=CCc2c(c3ccccc3n2-c2ccc3oc4ccc(-n5c6ccccc6c6ccccc65)cc4c3c2)C=C1. The van der Waals surface area contributed by atoms with Crippen LogP contribution in [-0.2, 0) is 6.42 Å². The molecule has 40 heavy (non-hydrogen) atoms. The number of hydrogen-bond donors (Lipinski definition) is 0. The van der Waals surface area contributed by atoms with Crippen molar-refractivity contribution < 1.29 is 4.42 Å². The highest BCUT2D eigenvalue weighted by Crippen LogP contribution is 2.38. The van der Waals surface area contributed by atoms with Crippen molar-refractivity contribution in [3.8, 4) is 11.4 Å². The predicted octanol–water partition coefficient (Wildman–Crippen LogP) is 9.75. The molecule has 0 N–H and O–H groups in total. The van der Waals surface area contributed by atoms with Crippen LogP contribution in [0.15, 0.2) is 132 Å². The number of aromatic nitrogens is 2. The first-order chi connectivity index (χ1) is 19.8. The summed E-state index contributed by atoms with van der Waals surface area (Å²) in [4.78, 5) is 0. The summed E-state index contributed by atoms with van der Waals surface area (Å²) in [6, 6.07) is 39.2. The van der Waals surface area contributed by atoms with Crippen molar-refractivity contribution in [2.45, 2.75) is 6.42 Å². The van der Waals surface area contributed by atoms with Crippen LogP contribution in [-0.4, -0.2) is 9.13 Å². The number of fused-ring (bicyclic) bond motifs is 9. The number of benzene rings is 5. The molecule has 9 rings (SSSR count). The molecule has 3 heterocycles. The van der Waals surface area contributed by atoms with Gasteiger partial charge >= 0.3 is 0 Å². The van der Waals surface area contributed by atoms with Crippen LogP contribution in [0.4, 0.5) is 0 Å². The maximum atomic E-state index is 6.35. The number of para-hydroxylation sites is 3. The molecule has 188 valence electrons. The Morgan fingerprint density at radius 1 is 0.500 bits per heavy atom. The second-order valence-electron chi connectivity index (χ2n) is 10.5. The average Bonchev–Trinajstić information content (AvgIpc) is 3.56. The third-order valence-electron chi connectivity index (χ3n) is 8.37. The summed E-state index contributed by atoms with van der Waals surface area (Å²) in [5, 5.41) is 6.06. The van der Waals surface area contributed by atoms with Crippen LogP contribution in [0.1, 0.15) is 11.3 Å². The lowest BCUT2D eigenvalue weighted by Crippen LogP contribution is -2.00. The van der Waals surface area contributed by atoms with E-state index in [2.05, 4.69) is 143 Å². The van der Waals surface area contributed by atoms with Gasteiger partial charge < -0.3 is 13.6 Å². The van der Waals surface area contributed by atoms with Crippen molar-refractivity contribution in [2.24, 2.45) is 0 Å². The maximum absolute atomic E-state index is 6.35. The lowest BCUT2D eigenvalue weighted by Gasteiger charge is -2.11. The molecule has 0 radical (unpaired) electrons.